The average Bonchev–Trinajstić information content (AvgIpc) is 2.54. The van der Waals surface area contributed by atoms with E-state index in [1.807, 2.05) is 13.0 Å². The average molecular weight is 321 g/mol. The summed E-state index contributed by atoms with van der Waals surface area (Å²) in [7, 11) is 1.54. The van der Waals surface area contributed by atoms with Crippen molar-refractivity contribution >= 4 is 11.9 Å². The van der Waals surface area contributed by atoms with E-state index in [1.54, 1.807) is 30.2 Å². The quantitative estimate of drug-likeness (QED) is 0.869. The Morgan fingerprint density at radius 3 is 2.65 bits per heavy atom. The molecule has 1 amide bonds. The maximum atomic E-state index is 12.5. The van der Waals surface area contributed by atoms with Gasteiger partial charge in [-0.15, -0.1) is 0 Å². The van der Waals surface area contributed by atoms with E-state index >= 15 is 0 Å². The second-order valence-electron chi connectivity index (χ2n) is 5.81. The molecule has 0 radical (unpaired) electrons. The molecule has 1 aliphatic heterocycles. The molecule has 2 unspecified atom stereocenters. The lowest BCUT2D eigenvalue weighted by Crippen LogP contribution is -2.50. The Hall–Kier alpha value is -2.24. The first-order chi connectivity index (χ1) is 11.0. The summed E-state index contributed by atoms with van der Waals surface area (Å²) in [6.45, 7) is 2.45. The highest BCUT2D eigenvalue weighted by atomic mass is 16.5. The lowest BCUT2D eigenvalue weighted by Gasteiger charge is -2.39. The summed E-state index contributed by atoms with van der Waals surface area (Å²) in [4.78, 5) is 25.2. The molecule has 0 spiro atoms. The monoisotopic (exact) mass is 321 g/mol. The molecule has 1 aliphatic rings. The van der Waals surface area contributed by atoms with Gasteiger partial charge in [0.05, 0.1) is 13.5 Å². The van der Waals surface area contributed by atoms with E-state index in [4.69, 9.17) is 14.6 Å². The van der Waals surface area contributed by atoms with Crippen LogP contribution in [0.1, 0.15) is 26.2 Å². The van der Waals surface area contributed by atoms with Crippen molar-refractivity contribution in [1.29, 1.82) is 0 Å². The van der Waals surface area contributed by atoms with Gasteiger partial charge in [-0.3, -0.25) is 9.59 Å². The molecule has 2 rings (SSSR count). The van der Waals surface area contributed by atoms with Gasteiger partial charge in [0.25, 0.3) is 5.91 Å². The van der Waals surface area contributed by atoms with E-state index in [9.17, 15) is 9.59 Å². The minimum absolute atomic E-state index is 0.0262. The van der Waals surface area contributed by atoms with Gasteiger partial charge in [0.1, 0.15) is 0 Å². The van der Waals surface area contributed by atoms with Crippen LogP contribution < -0.4 is 9.47 Å². The molecule has 23 heavy (non-hydrogen) atoms. The number of rotatable bonds is 6. The van der Waals surface area contributed by atoms with Gasteiger partial charge in [-0.25, -0.2) is 0 Å². The molecule has 1 aromatic rings. The van der Waals surface area contributed by atoms with Crippen LogP contribution in [0, 0.1) is 5.92 Å². The Labute approximate surface area is 136 Å². The maximum Gasteiger partial charge on any atom is 0.305 e. The van der Waals surface area contributed by atoms with E-state index in [-0.39, 0.29) is 30.9 Å². The number of hydrogen-bond donors (Lipinski definition) is 1. The zero-order chi connectivity index (χ0) is 16.8. The van der Waals surface area contributed by atoms with E-state index in [1.165, 1.54) is 0 Å². The van der Waals surface area contributed by atoms with E-state index in [0.717, 1.165) is 12.8 Å². The highest BCUT2D eigenvalue weighted by Crippen LogP contribution is 2.28. The fourth-order valence-electron chi connectivity index (χ4n) is 3.01. The Morgan fingerprint density at radius 1 is 1.30 bits per heavy atom. The first-order valence-electron chi connectivity index (χ1n) is 7.80. The first kappa shape index (κ1) is 17.1. The highest BCUT2D eigenvalue weighted by molar-refractivity contribution is 5.79. The summed E-state index contributed by atoms with van der Waals surface area (Å²) in [6, 6.07) is 6.85. The summed E-state index contributed by atoms with van der Waals surface area (Å²) in [5.41, 5.74) is 0. The molecule has 1 saturated heterocycles. The molecule has 2 atom stereocenters. The molecule has 6 nitrogen and oxygen atoms in total. The third-order valence-corrected chi connectivity index (χ3v) is 4.24. The number of ether oxygens (including phenoxy) is 2. The fourth-order valence-corrected chi connectivity index (χ4v) is 3.01. The van der Waals surface area contributed by atoms with Crippen molar-refractivity contribution in [3.05, 3.63) is 24.3 Å². The van der Waals surface area contributed by atoms with Crippen LogP contribution >= 0.6 is 0 Å². The lowest BCUT2D eigenvalue weighted by molar-refractivity contribution is -0.144. The number of methoxy groups -OCH3 is 1. The Morgan fingerprint density at radius 2 is 2.00 bits per heavy atom. The van der Waals surface area contributed by atoms with Crippen molar-refractivity contribution in [2.75, 3.05) is 20.3 Å². The van der Waals surface area contributed by atoms with Crippen LogP contribution in [-0.2, 0) is 9.59 Å². The first-order valence-corrected chi connectivity index (χ1v) is 7.80. The van der Waals surface area contributed by atoms with Gasteiger partial charge < -0.3 is 19.5 Å². The molecule has 126 valence electrons. The van der Waals surface area contributed by atoms with Gasteiger partial charge >= 0.3 is 5.97 Å². The predicted octanol–water partition coefficient (Wildman–Crippen LogP) is 2.18. The predicted molar refractivity (Wildman–Crippen MR) is 84.6 cm³/mol. The van der Waals surface area contributed by atoms with Crippen molar-refractivity contribution in [3.63, 3.8) is 0 Å². The molecular weight excluding hydrogens is 298 g/mol. The zero-order valence-corrected chi connectivity index (χ0v) is 13.5. The number of likely N-dealkylation sites (tertiary alicyclic amines) is 1. The molecule has 0 bridgehead atoms. The number of para-hydroxylation sites is 2. The Balaban J connectivity index is 2.01. The summed E-state index contributed by atoms with van der Waals surface area (Å²) >= 11 is 0. The molecule has 1 aromatic carbocycles. The Bertz CT molecular complexity index is 560. The van der Waals surface area contributed by atoms with Crippen molar-refractivity contribution in [1.82, 2.24) is 4.90 Å². The van der Waals surface area contributed by atoms with Crippen LogP contribution in [0.3, 0.4) is 0 Å². The molecule has 1 fully saturated rings. The number of amides is 1. The van der Waals surface area contributed by atoms with Gasteiger partial charge in [-0.2, -0.15) is 0 Å². The minimum atomic E-state index is -0.882. The van der Waals surface area contributed by atoms with Crippen LogP contribution in [-0.4, -0.2) is 48.2 Å². The number of piperidine rings is 1. The standard InChI is InChI=1S/C17H23NO5/c1-12-6-5-9-18(13(12)10-17(20)21)16(19)11-23-15-8-4-3-7-14(15)22-2/h3-4,7-8,12-13H,5-6,9-11H2,1-2H3,(H,20,21). The summed E-state index contributed by atoms with van der Waals surface area (Å²) < 4.78 is 10.8. The van der Waals surface area contributed by atoms with Gasteiger partial charge in [-0.05, 0) is 30.9 Å². The second-order valence-corrected chi connectivity index (χ2v) is 5.81. The van der Waals surface area contributed by atoms with Gasteiger partial charge in [0, 0.05) is 12.6 Å². The third kappa shape index (κ3) is 4.37. The van der Waals surface area contributed by atoms with Crippen molar-refractivity contribution < 1.29 is 24.2 Å². The largest absolute Gasteiger partial charge is 0.493 e. The second kappa shape index (κ2) is 7.85. The van der Waals surface area contributed by atoms with Crippen LogP contribution in [0.2, 0.25) is 0 Å². The molecule has 0 aromatic heterocycles. The summed E-state index contributed by atoms with van der Waals surface area (Å²) in [5.74, 6) is 0.175. The molecule has 6 heteroatoms. The molecule has 1 heterocycles. The number of carboxylic acids is 1. The van der Waals surface area contributed by atoms with Crippen molar-refractivity contribution in [3.8, 4) is 11.5 Å². The molecular formula is C17H23NO5. The fraction of sp³-hybridized carbons (Fsp3) is 0.529. The van der Waals surface area contributed by atoms with Crippen LogP contribution in [0.4, 0.5) is 0 Å². The van der Waals surface area contributed by atoms with Crippen LogP contribution in [0.5, 0.6) is 11.5 Å². The number of aliphatic carboxylic acids is 1. The normalized spacial score (nSPS) is 20.9. The molecule has 0 aliphatic carbocycles. The number of carboxylic acid groups (broad SMARTS) is 1. The number of nitrogens with zero attached hydrogens (tertiary/aromatic N) is 1. The highest BCUT2D eigenvalue weighted by Gasteiger charge is 2.33. The minimum Gasteiger partial charge on any atom is -0.493 e. The molecule has 1 N–H and O–H groups in total. The number of carbonyl (C=O) groups is 2. The van der Waals surface area contributed by atoms with Crippen molar-refractivity contribution in [2.45, 2.75) is 32.2 Å². The number of benzene rings is 1. The topological polar surface area (TPSA) is 76.1 Å². The zero-order valence-electron chi connectivity index (χ0n) is 13.5. The maximum absolute atomic E-state index is 12.5. The third-order valence-electron chi connectivity index (χ3n) is 4.24. The van der Waals surface area contributed by atoms with Gasteiger partial charge in [0.15, 0.2) is 18.1 Å². The summed E-state index contributed by atoms with van der Waals surface area (Å²) in [6.07, 6.45) is 1.80. The lowest BCUT2D eigenvalue weighted by atomic mass is 9.88. The summed E-state index contributed by atoms with van der Waals surface area (Å²) in [5, 5.41) is 9.07. The van der Waals surface area contributed by atoms with Gasteiger partial charge in [0.2, 0.25) is 0 Å². The smallest absolute Gasteiger partial charge is 0.305 e. The number of hydrogen-bond acceptors (Lipinski definition) is 4. The Kier molecular flexibility index (Phi) is 5.84. The van der Waals surface area contributed by atoms with Gasteiger partial charge in [-0.1, -0.05) is 19.1 Å². The van der Waals surface area contributed by atoms with Crippen LogP contribution in [0.15, 0.2) is 24.3 Å². The molecule has 0 saturated carbocycles. The van der Waals surface area contributed by atoms with E-state index in [0.29, 0.717) is 18.0 Å². The number of carbonyl (C=O) groups excluding carboxylic acids is 1. The van der Waals surface area contributed by atoms with Crippen LogP contribution in [0.25, 0.3) is 0 Å². The van der Waals surface area contributed by atoms with E-state index < -0.39 is 5.97 Å². The van der Waals surface area contributed by atoms with E-state index in [2.05, 4.69) is 0 Å². The van der Waals surface area contributed by atoms with Crippen molar-refractivity contribution in [2.24, 2.45) is 5.92 Å². The SMILES string of the molecule is COc1ccccc1OCC(=O)N1CCCC(C)C1CC(=O)O.